The second-order valence-corrected chi connectivity index (χ2v) is 5.43. The Morgan fingerprint density at radius 1 is 1.31 bits per heavy atom. The topological polar surface area (TPSA) is 35.5 Å². The lowest BCUT2D eigenvalue weighted by molar-refractivity contribution is 0.134. The van der Waals surface area contributed by atoms with Crippen molar-refractivity contribution in [3.63, 3.8) is 0 Å². The monoisotopic (exact) mass is 228 g/mol. The number of nitrogens with one attached hydrogen (secondary N) is 1. The first-order chi connectivity index (χ1) is 7.62. The van der Waals surface area contributed by atoms with Gasteiger partial charge in [-0.1, -0.05) is 20.8 Å². The highest BCUT2D eigenvalue weighted by Gasteiger charge is 2.31. The third kappa shape index (κ3) is 4.04. The molecule has 0 radical (unpaired) electrons. The van der Waals surface area contributed by atoms with Crippen LogP contribution in [-0.4, -0.2) is 47.8 Å². The van der Waals surface area contributed by atoms with Crippen molar-refractivity contribution in [1.29, 1.82) is 0 Å². The normalized spacial score (nSPS) is 28.3. The molecular formula is C13H28N2O. The van der Waals surface area contributed by atoms with Gasteiger partial charge in [-0.2, -0.15) is 0 Å². The predicted molar refractivity (Wildman–Crippen MR) is 68.7 cm³/mol. The SMILES string of the molecule is CCCN1CCCC(CO)(NC(C)C)CC1. The fourth-order valence-corrected chi connectivity index (χ4v) is 2.75. The molecule has 3 heteroatoms. The molecule has 0 spiro atoms. The van der Waals surface area contributed by atoms with Crippen molar-refractivity contribution >= 4 is 0 Å². The smallest absolute Gasteiger partial charge is 0.0613 e. The highest BCUT2D eigenvalue weighted by molar-refractivity contribution is 4.91. The van der Waals surface area contributed by atoms with Crippen LogP contribution in [0.1, 0.15) is 46.5 Å². The van der Waals surface area contributed by atoms with Gasteiger partial charge in [0.2, 0.25) is 0 Å². The molecule has 1 aliphatic rings. The van der Waals surface area contributed by atoms with Crippen LogP contribution < -0.4 is 5.32 Å². The van der Waals surface area contributed by atoms with Crippen molar-refractivity contribution < 1.29 is 5.11 Å². The molecule has 0 aromatic rings. The van der Waals surface area contributed by atoms with Crippen molar-refractivity contribution in [3.8, 4) is 0 Å². The highest BCUT2D eigenvalue weighted by atomic mass is 16.3. The Labute approximate surface area is 100 Å². The van der Waals surface area contributed by atoms with Crippen LogP contribution in [0.25, 0.3) is 0 Å². The molecule has 0 amide bonds. The number of aliphatic hydroxyl groups excluding tert-OH is 1. The minimum atomic E-state index is -0.0311. The van der Waals surface area contributed by atoms with Crippen LogP contribution in [0, 0.1) is 0 Å². The molecule has 0 aliphatic carbocycles. The third-order valence-electron chi connectivity index (χ3n) is 3.47. The Kier molecular flexibility index (Phi) is 5.73. The highest BCUT2D eigenvalue weighted by Crippen LogP contribution is 2.22. The van der Waals surface area contributed by atoms with Crippen LogP contribution in [0.2, 0.25) is 0 Å². The summed E-state index contributed by atoms with van der Waals surface area (Å²) in [7, 11) is 0. The Balaban J connectivity index is 2.53. The van der Waals surface area contributed by atoms with Crippen LogP contribution in [0.3, 0.4) is 0 Å². The Morgan fingerprint density at radius 2 is 2.06 bits per heavy atom. The average molecular weight is 228 g/mol. The number of hydrogen-bond donors (Lipinski definition) is 2. The molecular weight excluding hydrogens is 200 g/mol. The quantitative estimate of drug-likeness (QED) is 0.750. The largest absolute Gasteiger partial charge is 0.394 e. The third-order valence-corrected chi connectivity index (χ3v) is 3.47. The van der Waals surface area contributed by atoms with Gasteiger partial charge in [-0.25, -0.2) is 0 Å². The fourth-order valence-electron chi connectivity index (χ4n) is 2.75. The summed E-state index contributed by atoms with van der Waals surface area (Å²) < 4.78 is 0. The number of likely N-dealkylation sites (tertiary alicyclic amines) is 1. The van der Waals surface area contributed by atoms with Gasteiger partial charge in [-0.05, 0) is 45.3 Å². The lowest BCUT2D eigenvalue weighted by Gasteiger charge is -2.34. The van der Waals surface area contributed by atoms with Gasteiger partial charge < -0.3 is 15.3 Å². The summed E-state index contributed by atoms with van der Waals surface area (Å²) in [6, 6.07) is 0.449. The zero-order valence-corrected chi connectivity index (χ0v) is 11.1. The summed E-state index contributed by atoms with van der Waals surface area (Å²) in [5, 5.41) is 13.2. The van der Waals surface area contributed by atoms with E-state index in [1.165, 1.54) is 25.9 Å². The number of nitrogens with zero attached hydrogens (tertiary/aromatic N) is 1. The van der Waals surface area contributed by atoms with Gasteiger partial charge in [0.25, 0.3) is 0 Å². The Bertz CT molecular complexity index is 196. The van der Waals surface area contributed by atoms with Gasteiger partial charge in [0.05, 0.1) is 6.61 Å². The summed E-state index contributed by atoms with van der Waals surface area (Å²) >= 11 is 0. The van der Waals surface area contributed by atoms with E-state index in [4.69, 9.17) is 0 Å². The molecule has 96 valence electrons. The second kappa shape index (κ2) is 6.58. The molecule has 16 heavy (non-hydrogen) atoms. The minimum Gasteiger partial charge on any atom is -0.394 e. The first-order valence-corrected chi connectivity index (χ1v) is 6.73. The van der Waals surface area contributed by atoms with Gasteiger partial charge in [-0.15, -0.1) is 0 Å². The number of hydrogen-bond acceptors (Lipinski definition) is 3. The summed E-state index contributed by atoms with van der Waals surface area (Å²) in [6.07, 6.45) is 4.59. The molecule has 0 aromatic carbocycles. The van der Waals surface area contributed by atoms with Crippen molar-refractivity contribution in [3.05, 3.63) is 0 Å². The second-order valence-electron chi connectivity index (χ2n) is 5.43. The van der Waals surface area contributed by atoms with E-state index in [0.717, 1.165) is 19.4 Å². The van der Waals surface area contributed by atoms with Crippen LogP contribution in [0.4, 0.5) is 0 Å². The molecule has 2 N–H and O–H groups in total. The lowest BCUT2D eigenvalue weighted by Crippen LogP contribution is -2.52. The predicted octanol–water partition coefficient (Wildman–Crippen LogP) is 1.61. The Hall–Kier alpha value is -0.120. The summed E-state index contributed by atoms with van der Waals surface area (Å²) in [4.78, 5) is 2.53. The summed E-state index contributed by atoms with van der Waals surface area (Å²) in [6.45, 7) is 10.3. The van der Waals surface area contributed by atoms with E-state index in [9.17, 15) is 5.11 Å². The Morgan fingerprint density at radius 3 is 2.62 bits per heavy atom. The molecule has 0 aromatic heterocycles. The maximum absolute atomic E-state index is 9.65. The van der Waals surface area contributed by atoms with Crippen LogP contribution in [0.15, 0.2) is 0 Å². The van der Waals surface area contributed by atoms with E-state index >= 15 is 0 Å². The number of aliphatic hydroxyl groups is 1. The fraction of sp³-hybridized carbons (Fsp3) is 1.00. The van der Waals surface area contributed by atoms with Crippen LogP contribution >= 0.6 is 0 Å². The maximum atomic E-state index is 9.65. The molecule has 3 nitrogen and oxygen atoms in total. The molecule has 1 saturated heterocycles. The van der Waals surface area contributed by atoms with Gasteiger partial charge in [-0.3, -0.25) is 0 Å². The van der Waals surface area contributed by atoms with E-state index in [1.54, 1.807) is 0 Å². The average Bonchev–Trinajstić information content (AvgIpc) is 2.42. The molecule has 1 unspecified atom stereocenters. The van der Waals surface area contributed by atoms with Crippen LogP contribution in [-0.2, 0) is 0 Å². The first kappa shape index (κ1) is 13.9. The summed E-state index contributed by atoms with van der Waals surface area (Å²) in [5.74, 6) is 0. The molecule has 1 rings (SSSR count). The standard InChI is InChI=1S/C13H28N2O/c1-4-8-15-9-5-6-13(11-16,7-10-15)14-12(2)3/h12,14,16H,4-11H2,1-3H3. The maximum Gasteiger partial charge on any atom is 0.0613 e. The molecule has 1 aliphatic heterocycles. The molecule has 1 atom stereocenters. The summed E-state index contributed by atoms with van der Waals surface area (Å²) in [5.41, 5.74) is -0.0311. The van der Waals surface area contributed by atoms with E-state index < -0.39 is 0 Å². The van der Waals surface area contributed by atoms with Crippen molar-refractivity contribution in [2.24, 2.45) is 0 Å². The first-order valence-electron chi connectivity index (χ1n) is 6.73. The number of rotatable bonds is 5. The lowest BCUT2D eigenvalue weighted by atomic mass is 9.90. The molecule has 1 fully saturated rings. The van der Waals surface area contributed by atoms with E-state index in [-0.39, 0.29) is 12.1 Å². The molecule has 0 saturated carbocycles. The van der Waals surface area contributed by atoms with Gasteiger partial charge >= 0.3 is 0 Å². The van der Waals surface area contributed by atoms with Gasteiger partial charge in [0, 0.05) is 11.6 Å². The molecule has 0 bridgehead atoms. The zero-order chi connectivity index (χ0) is 12.0. The van der Waals surface area contributed by atoms with E-state index in [2.05, 4.69) is 31.0 Å². The van der Waals surface area contributed by atoms with Crippen LogP contribution in [0.5, 0.6) is 0 Å². The molecule has 1 heterocycles. The van der Waals surface area contributed by atoms with E-state index in [0.29, 0.717) is 6.04 Å². The zero-order valence-electron chi connectivity index (χ0n) is 11.1. The van der Waals surface area contributed by atoms with Gasteiger partial charge in [0.1, 0.15) is 0 Å². The van der Waals surface area contributed by atoms with Gasteiger partial charge in [0.15, 0.2) is 0 Å². The van der Waals surface area contributed by atoms with Crippen molar-refractivity contribution in [2.45, 2.75) is 58.0 Å². The van der Waals surface area contributed by atoms with E-state index in [1.807, 2.05) is 0 Å². The van der Waals surface area contributed by atoms with Crippen molar-refractivity contribution in [2.75, 3.05) is 26.2 Å². The van der Waals surface area contributed by atoms with Crippen molar-refractivity contribution in [1.82, 2.24) is 10.2 Å². The minimum absolute atomic E-state index is 0.0311.